The summed E-state index contributed by atoms with van der Waals surface area (Å²) in [5.41, 5.74) is -0.401. The lowest BCUT2D eigenvalue weighted by Crippen LogP contribution is -2.66. The van der Waals surface area contributed by atoms with Gasteiger partial charge >= 0.3 is 0 Å². The Balaban J connectivity index is 1.46. The lowest BCUT2D eigenvalue weighted by molar-refractivity contribution is -0.0812. The molecule has 26 heavy (non-hydrogen) atoms. The number of aromatic nitrogens is 7. The van der Waals surface area contributed by atoms with Crippen LogP contribution in [-0.2, 0) is 12.6 Å². The van der Waals surface area contributed by atoms with Crippen LogP contribution in [0.5, 0.6) is 0 Å². The first kappa shape index (κ1) is 16.2. The first-order chi connectivity index (χ1) is 12.4. The van der Waals surface area contributed by atoms with Crippen molar-refractivity contribution in [3.63, 3.8) is 0 Å². The highest BCUT2D eigenvalue weighted by molar-refractivity contribution is 6.28. The van der Waals surface area contributed by atoms with E-state index >= 15 is 0 Å². The Bertz CT molecular complexity index is 855. The van der Waals surface area contributed by atoms with Crippen LogP contribution in [-0.4, -0.2) is 46.4 Å². The van der Waals surface area contributed by atoms with Gasteiger partial charge < -0.3 is 5.32 Å². The maximum atomic E-state index is 12.8. The number of hydrogen-bond acceptors (Lipinski definition) is 6. The fourth-order valence-corrected chi connectivity index (χ4v) is 5.96. The second kappa shape index (κ2) is 5.25. The molecule has 1 N–H and O–H groups in total. The summed E-state index contributed by atoms with van der Waals surface area (Å²) in [5.74, 6) is 1.70. The van der Waals surface area contributed by atoms with Crippen LogP contribution in [0.15, 0.2) is 0 Å². The van der Waals surface area contributed by atoms with Gasteiger partial charge in [0, 0.05) is 12.6 Å². The Morgan fingerprint density at radius 3 is 2.54 bits per heavy atom. The highest BCUT2D eigenvalue weighted by Crippen LogP contribution is 2.60. The maximum absolute atomic E-state index is 12.8. The van der Waals surface area contributed by atoms with Crippen molar-refractivity contribution in [1.82, 2.24) is 40.3 Å². The third-order valence-electron chi connectivity index (χ3n) is 6.26. The van der Waals surface area contributed by atoms with Crippen LogP contribution in [0.3, 0.4) is 0 Å². The topological polar surface area (TPSA) is 103 Å². The van der Waals surface area contributed by atoms with Crippen LogP contribution >= 0.6 is 11.6 Å². The molecule has 10 heteroatoms. The molecule has 0 aromatic carbocycles. The van der Waals surface area contributed by atoms with Crippen LogP contribution in [0, 0.1) is 18.8 Å². The quantitative estimate of drug-likeness (QED) is 0.864. The van der Waals surface area contributed by atoms with Gasteiger partial charge in [0.05, 0.1) is 5.54 Å². The highest BCUT2D eigenvalue weighted by atomic mass is 35.5. The van der Waals surface area contributed by atoms with Gasteiger partial charge in [0.15, 0.2) is 5.82 Å². The van der Waals surface area contributed by atoms with Crippen molar-refractivity contribution in [2.24, 2.45) is 18.9 Å². The number of hydrogen-bond donors (Lipinski definition) is 1. The summed E-state index contributed by atoms with van der Waals surface area (Å²) < 4.78 is 1.40. The molecule has 4 aliphatic carbocycles. The molecule has 6 rings (SSSR count). The average Bonchev–Trinajstić information content (AvgIpc) is 3.12. The van der Waals surface area contributed by atoms with Gasteiger partial charge in [-0.2, -0.15) is 9.78 Å². The lowest BCUT2D eigenvalue weighted by atomic mass is 9.50. The zero-order valence-corrected chi connectivity index (χ0v) is 15.6. The van der Waals surface area contributed by atoms with E-state index in [-0.39, 0.29) is 28.1 Å². The molecule has 2 aromatic rings. The van der Waals surface area contributed by atoms with Gasteiger partial charge in [0.25, 0.3) is 5.91 Å². The van der Waals surface area contributed by atoms with Crippen molar-refractivity contribution in [1.29, 1.82) is 0 Å². The van der Waals surface area contributed by atoms with Crippen molar-refractivity contribution in [2.45, 2.75) is 56.5 Å². The second-order valence-corrected chi connectivity index (χ2v) is 8.71. The zero-order chi connectivity index (χ0) is 18.1. The van der Waals surface area contributed by atoms with Crippen LogP contribution < -0.4 is 5.32 Å². The molecule has 1 amide bonds. The molecule has 0 radical (unpaired) electrons. The number of tetrazole rings is 1. The zero-order valence-electron chi connectivity index (χ0n) is 14.8. The first-order valence-electron chi connectivity index (χ1n) is 9.03. The highest BCUT2D eigenvalue weighted by Gasteiger charge is 2.60. The van der Waals surface area contributed by atoms with Crippen LogP contribution in [0.2, 0.25) is 5.28 Å². The van der Waals surface area contributed by atoms with E-state index in [1.54, 1.807) is 7.05 Å². The minimum Gasteiger partial charge on any atom is -0.344 e. The molecular formula is C16H21ClN8O. The van der Waals surface area contributed by atoms with E-state index in [1.165, 1.54) is 11.1 Å². The third-order valence-corrected chi connectivity index (χ3v) is 6.59. The van der Waals surface area contributed by atoms with Gasteiger partial charge in [-0.1, -0.05) is 0 Å². The lowest BCUT2D eigenvalue weighted by Gasteiger charge is -2.61. The van der Waals surface area contributed by atoms with Gasteiger partial charge in [-0.3, -0.25) is 4.79 Å². The molecule has 2 atom stereocenters. The molecule has 2 unspecified atom stereocenters. The fraction of sp³-hybridized carbons (Fsp3) is 0.750. The molecule has 4 fully saturated rings. The molecule has 4 bridgehead atoms. The normalized spacial score (nSPS) is 35.0. The van der Waals surface area contributed by atoms with Crippen molar-refractivity contribution in [3.8, 4) is 0 Å². The van der Waals surface area contributed by atoms with E-state index < -0.39 is 0 Å². The molecule has 2 aromatic heterocycles. The standard InChI is InChI=1S/C16H21ClN8O/c1-9-20-23-25(21-9)16-6-10-3-11(7-16)5-15(4-10,8-16)19-13(26)12-18-14(17)24(2)22-12/h10-11H,3-8H2,1-2H3,(H,19,26). The van der Waals surface area contributed by atoms with E-state index in [1.807, 2.05) is 11.7 Å². The number of amides is 1. The van der Waals surface area contributed by atoms with Crippen molar-refractivity contribution < 1.29 is 4.79 Å². The summed E-state index contributed by atoms with van der Waals surface area (Å²) in [4.78, 5) is 18.6. The predicted octanol–water partition coefficient (Wildman–Crippen LogP) is 1.24. The van der Waals surface area contributed by atoms with Gasteiger partial charge in [0.2, 0.25) is 11.1 Å². The molecule has 4 aliphatic rings. The van der Waals surface area contributed by atoms with E-state index in [0.29, 0.717) is 17.7 Å². The Labute approximate surface area is 155 Å². The summed E-state index contributed by atoms with van der Waals surface area (Å²) in [6.07, 6.45) is 6.15. The molecule has 4 saturated carbocycles. The predicted molar refractivity (Wildman–Crippen MR) is 91.4 cm³/mol. The molecule has 0 aliphatic heterocycles. The SMILES string of the molecule is Cc1nnn(C23CC4CC(CC(NC(=O)c5nc(Cl)n(C)n5)(C4)C2)C3)n1. The van der Waals surface area contributed by atoms with Crippen LogP contribution in [0.25, 0.3) is 0 Å². The average molecular weight is 377 g/mol. The monoisotopic (exact) mass is 376 g/mol. The van der Waals surface area contributed by atoms with Crippen molar-refractivity contribution in [3.05, 3.63) is 16.9 Å². The number of halogens is 1. The van der Waals surface area contributed by atoms with Gasteiger partial charge in [-0.05, 0) is 74.1 Å². The van der Waals surface area contributed by atoms with Gasteiger partial charge in [-0.15, -0.1) is 15.3 Å². The Hall–Kier alpha value is -2.03. The van der Waals surface area contributed by atoms with E-state index in [2.05, 4.69) is 30.8 Å². The number of nitrogens with zero attached hydrogens (tertiary/aromatic N) is 7. The summed E-state index contributed by atoms with van der Waals surface area (Å²) in [7, 11) is 1.67. The molecule has 0 saturated heterocycles. The summed E-state index contributed by atoms with van der Waals surface area (Å²) in [6.45, 7) is 1.86. The number of aryl methyl sites for hydroxylation is 2. The second-order valence-electron chi connectivity index (χ2n) is 8.37. The number of carbonyl (C=O) groups is 1. The van der Waals surface area contributed by atoms with Crippen molar-refractivity contribution in [2.75, 3.05) is 0 Å². The van der Waals surface area contributed by atoms with E-state index in [0.717, 1.165) is 32.1 Å². The summed E-state index contributed by atoms with van der Waals surface area (Å²) >= 11 is 5.94. The third kappa shape index (κ3) is 2.36. The number of carbonyl (C=O) groups excluding carboxylic acids is 1. The number of rotatable bonds is 3. The smallest absolute Gasteiger partial charge is 0.291 e. The van der Waals surface area contributed by atoms with Crippen LogP contribution in [0.1, 0.15) is 55.0 Å². The molecule has 138 valence electrons. The van der Waals surface area contributed by atoms with Crippen LogP contribution in [0.4, 0.5) is 0 Å². The van der Waals surface area contributed by atoms with Gasteiger partial charge in [-0.25, -0.2) is 4.68 Å². The first-order valence-corrected chi connectivity index (χ1v) is 9.40. The minimum absolute atomic E-state index is 0.122. The largest absolute Gasteiger partial charge is 0.344 e. The number of nitrogens with one attached hydrogen (secondary N) is 1. The Kier molecular flexibility index (Phi) is 3.26. The molecule has 2 heterocycles. The minimum atomic E-state index is -0.257. The Morgan fingerprint density at radius 1 is 1.23 bits per heavy atom. The van der Waals surface area contributed by atoms with E-state index in [9.17, 15) is 4.79 Å². The van der Waals surface area contributed by atoms with Gasteiger partial charge in [0.1, 0.15) is 0 Å². The molecule has 0 spiro atoms. The maximum Gasteiger partial charge on any atom is 0.291 e. The van der Waals surface area contributed by atoms with Crippen molar-refractivity contribution >= 4 is 17.5 Å². The Morgan fingerprint density at radius 2 is 1.96 bits per heavy atom. The summed E-state index contributed by atoms with van der Waals surface area (Å²) in [5, 5.41) is 20.5. The molecular weight excluding hydrogens is 356 g/mol. The fourth-order valence-electron chi connectivity index (χ4n) is 5.84. The van der Waals surface area contributed by atoms with E-state index in [4.69, 9.17) is 11.6 Å². The molecule has 9 nitrogen and oxygen atoms in total. The summed E-state index contributed by atoms with van der Waals surface area (Å²) in [6, 6.07) is 0.